The van der Waals surface area contributed by atoms with E-state index in [0.29, 0.717) is 6.54 Å². The van der Waals surface area contributed by atoms with Gasteiger partial charge in [0.2, 0.25) is 11.9 Å². The Morgan fingerprint density at radius 2 is 2.18 bits per heavy atom. The molecule has 1 atom stereocenters. The van der Waals surface area contributed by atoms with Crippen LogP contribution in [-0.2, 0) is 9.53 Å². The summed E-state index contributed by atoms with van der Waals surface area (Å²) in [6, 6.07) is 2.16. The molecule has 0 bridgehead atoms. The Kier molecular flexibility index (Phi) is 4.87. The third-order valence-electron chi connectivity index (χ3n) is 4.42. The molecule has 1 aromatic heterocycles. The van der Waals surface area contributed by atoms with Crippen LogP contribution in [0.15, 0.2) is 12.3 Å². The third-order valence-corrected chi connectivity index (χ3v) is 4.42. The molecular weight excluding hydrogens is 280 g/mol. The van der Waals surface area contributed by atoms with Crippen molar-refractivity contribution in [2.45, 2.75) is 38.6 Å². The van der Waals surface area contributed by atoms with Gasteiger partial charge in [0.15, 0.2) is 0 Å². The standard InChI is InChI=1S/C16H24N4O2/c1-12-4-7-17-16(18-12)20-8-2-3-13(11-20)15(21)19-14-5-9-22-10-6-14/h4,7,13-14H,2-3,5-6,8-11H2,1H3,(H,19,21). The topological polar surface area (TPSA) is 67.4 Å². The van der Waals surface area contributed by atoms with Crippen LogP contribution in [0, 0.1) is 12.8 Å². The van der Waals surface area contributed by atoms with Crippen LogP contribution in [0.5, 0.6) is 0 Å². The van der Waals surface area contributed by atoms with Gasteiger partial charge in [0, 0.05) is 44.2 Å². The second-order valence-corrected chi connectivity index (χ2v) is 6.18. The molecule has 3 rings (SSSR count). The second kappa shape index (κ2) is 7.05. The van der Waals surface area contributed by atoms with Gasteiger partial charge in [-0.3, -0.25) is 4.79 Å². The van der Waals surface area contributed by atoms with Crippen molar-refractivity contribution in [3.05, 3.63) is 18.0 Å². The zero-order valence-electron chi connectivity index (χ0n) is 13.1. The fourth-order valence-corrected chi connectivity index (χ4v) is 3.12. The normalized spacial score (nSPS) is 23.3. The highest BCUT2D eigenvalue weighted by Crippen LogP contribution is 2.21. The quantitative estimate of drug-likeness (QED) is 0.911. The van der Waals surface area contributed by atoms with Crippen molar-refractivity contribution in [1.82, 2.24) is 15.3 Å². The van der Waals surface area contributed by atoms with Crippen LogP contribution < -0.4 is 10.2 Å². The first kappa shape index (κ1) is 15.2. The summed E-state index contributed by atoms with van der Waals surface area (Å²) in [6.07, 6.45) is 5.57. The number of rotatable bonds is 3. The van der Waals surface area contributed by atoms with Crippen LogP contribution in [0.2, 0.25) is 0 Å². The Balaban J connectivity index is 1.58. The Morgan fingerprint density at radius 3 is 2.95 bits per heavy atom. The Morgan fingerprint density at radius 1 is 1.36 bits per heavy atom. The van der Waals surface area contributed by atoms with Crippen molar-refractivity contribution >= 4 is 11.9 Å². The molecule has 0 radical (unpaired) electrons. The zero-order valence-corrected chi connectivity index (χ0v) is 13.1. The molecule has 2 fully saturated rings. The number of hydrogen-bond acceptors (Lipinski definition) is 5. The van der Waals surface area contributed by atoms with E-state index in [4.69, 9.17) is 4.74 Å². The monoisotopic (exact) mass is 304 g/mol. The van der Waals surface area contributed by atoms with Gasteiger partial charge in [-0.25, -0.2) is 9.97 Å². The minimum absolute atomic E-state index is 0.0284. The molecule has 6 heteroatoms. The van der Waals surface area contributed by atoms with Crippen molar-refractivity contribution < 1.29 is 9.53 Å². The highest BCUT2D eigenvalue weighted by atomic mass is 16.5. The molecule has 0 aliphatic carbocycles. The van der Waals surface area contributed by atoms with Crippen LogP contribution in [0.25, 0.3) is 0 Å². The summed E-state index contributed by atoms with van der Waals surface area (Å²) in [6.45, 7) is 5.09. The van der Waals surface area contributed by atoms with Crippen molar-refractivity contribution in [2.75, 3.05) is 31.2 Å². The first-order valence-corrected chi connectivity index (χ1v) is 8.15. The molecule has 120 valence electrons. The van der Waals surface area contributed by atoms with E-state index in [1.165, 1.54) is 0 Å². The number of nitrogens with one attached hydrogen (secondary N) is 1. The maximum absolute atomic E-state index is 12.5. The summed E-state index contributed by atoms with van der Waals surface area (Å²) < 4.78 is 5.34. The van der Waals surface area contributed by atoms with Crippen LogP contribution in [0.3, 0.4) is 0 Å². The van der Waals surface area contributed by atoms with Gasteiger partial charge in [-0.15, -0.1) is 0 Å². The fourth-order valence-electron chi connectivity index (χ4n) is 3.12. The SMILES string of the molecule is Cc1ccnc(N2CCCC(C(=O)NC3CCOCC3)C2)n1. The highest BCUT2D eigenvalue weighted by molar-refractivity contribution is 5.79. The fraction of sp³-hybridized carbons (Fsp3) is 0.688. The van der Waals surface area contributed by atoms with E-state index in [0.717, 1.165) is 57.1 Å². The van der Waals surface area contributed by atoms with Gasteiger partial charge in [-0.2, -0.15) is 0 Å². The maximum Gasteiger partial charge on any atom is 0.225 e. The van der Waals surface area contributed by atoms with E-state index >= 15 is 0 Å². The van der Waals surface area contributed by atoms with Crippen molar-refractivity contribution in [3.63, 3.8) is 0 Å². The molecule has 22 heavy (non-hydrogen) atoms. The Hall–Kier alpha value is -1.69. The number of carbonyl (C=O) groups is 1. The number of piperidine rings is 1. The summed E-state index contributed by atoms with van der Waals surface area (Å²) in [7, 11) is 0. The van der Waals surface area contributed by atoms with Gasteiger partial charge in [0.1, 0.15) is 0 Å². The molecule has 2 saturated heterocycles. The number of nitrogens with zero attached hydrogens (tertiary/aromatic N) is 3. The van der Waals surface area contributed by atoms with Crippen LogP contribution in [-0.4, -0.2) is 48.2 Å². The molecule has 0 aromatic carbocycles. The van der Waals surface area contributed by atoms with Crippen LogP contribution in [0.1, 0.15) is 31.4 Å². The van der Waals surface area contributed by atoms with Gasteiger partial charge in [0.25, 0.3) is 0 Å². The van der Waals surface area contributed by atoms with Gasteiger partial charge in [0.05, 0.1) is 5.92 Å². The van der Waals surface area contributed by atoms with E-state index in [1.54, 1.807) is 6.20 Å². The van der Waals surface area contributed by atoms with Crippen LogP contribution in [0.4, 0.5) is 5.95 Å². The highest BCUT2D eigenvalue weighted by Gasteiger charge is 2.28. The maximum atomic E-state index is 12.5. The lowest BCUT2D eigenvalue weighted by atomic mass is 9.96. The number of ether oxygens (including phenoxy) is 1. The lowest BCUT2D eigenvalue weighted by Crippen LogP contribution is -2.47. The van der Waals surface area contributed by atoms with E-state index in [1.807, 2.05) is 13.0 Å². The molecule has 2 aliphatic heterocycles. The minimum Gasteiger partial charge on any atom is -0.381 e. The first-order valence-electron chi connectivity index (χ1n) is 8.15. The number of carbonyl (C=O) groups excluding carboxylic acids is 1. The van der Waals surface area contributed by atoms with E-state index < -0.39 is 0 Å². The molecule has 2 aliphatic rings. The van der Waals surface area contributed by atoms with Gasteiger partial charge >= 0.3 is 0 Å². The Bertz CT molecular complexity index is 517. The van der Waals surface area contributed by atoms with E-state index in [2.05, 4.69) is 20.2 Å². The molecule has 1 N–H and O–H groups in total. The summed E-state index contributed by atoms with van der Waals surface area (Å²) in [5.74, 6) is 0.938. The lowest BCUT2D eigenvalue weighted by Gasteiger charge is -2.33. The van der Waals surface area contributed by atoms with Crippen molar-refractivity contribution in [3.8, 4) is 0 Å². The zero-order chi connectivity index (χ0) is 15.4. The summed E-state index contributed by atoms with van der Waals surface area (Å²) in [5.41, 5.74) is 0.957. The summed E-state index contributed by atoms with van der Waals surface area (Å²) in [4.78, 5) is 23.4. The number of amides is 1. The molecule has 6 nitrogen and oxygen atoms in total. The second-order valence-electron chi connectivity index (χ2n) is 6.18. The minimum atomic E-state index is 0.0284. The predicted molar refractivity (Wildman–Crippen MR) is 83.7 cm³/mol. The predicted octanol–water partition coefficient (Wildman–Crippen LogP) is 1.30. The third kappa shape index (κ3) is 3.74. The Labute approximate surface area is 131 Å². The first-order chi connectivity index (χ1) is 10.7. The smallest absolute Gasteiger partial charge is 0.225 e. The number of hydrogen-bond donors (Lipinski definition) is 1. The van der Waals surface area contributed by atoms with Crippen molar-refractivity contribution in [1.29, 1.82) is 0 Å². The molecule has 0 saturated carbocycles. The number of aryl methyl sites for hydroxylation is 1. The molecule has 1 aromatic rings. The molecule has 1 unspecified atom stereocenters. The van der Waals surface area contributed by atoms with Gasteiger partial charge in [-0.05, 0) is 38.7 Å². The van der Waals surface area contributed by atoms with E-state index in [9.17, 15) is 4.79 Å². The molecule has 0 spiro atoms. The number of anilines is 1. The molecule has 3 heterocycles. The summed E-state index contributed by atoms with van der Waals surface area (Å²) >= 11 is 0. The summed E-state index contributed by atoms with van der Waals surface area (Å²) in [5, 5.41) is 3.19. The average Bonchev–Trinajstić information content (AvgIpc) is 2.56. The largest absolute Gasteiger partial charge is 0.381 e. The van der Waals surface area contributed by atoms with Crippen LogP contribution >= 0.6 is 0 Å². The van der Waals surface area contributed by atoms with Gasteiger partial charge in [-0.1, -0.05) is 0 Å². The number of aromatic nitrogens is 2. The average molecular weight is 304 g/mol. The van der Waals surface area contributed by atoms with Crippen molar-refractivity contribution in [2.24, 2.45) is 5.92 Å². The van der Waals surface area contributed by atoms with E-state index in [-0.39, 0.29) is 17.9 Å². The van der Waals surface area contributed by atoms with Gasteiger partial charge < -0.3 is 15.0 Å². The molecular formula is C16H24N4O2. The lowest BCUT2D eigenvalue weighted by molar-refractivity contribution is -0.126. The molecule has 1 amide bonds.